The van der Waals surface area contributed by atoms with E-state index in [1.807, 2.05) is 41.3 Å². The minimum Gasteiger partial charge on any atom is -0.351 e. The van der Waals surface area contributed by atoms with Crippen molar-refractivity contribution in [2.45, 2.75) is 0 Å². The minimum absolute atomic E-state index is 0.152. The third-order valence-corrected chi connectivity index (χ3v) is 7.51. The Balaban J connectivity index is 1.43. The van der Waals surface area contributed by atoms with Gasteiger partial charge in [0.05, 0.1) is 28.0 Å². The van der Waals surface area contributed by atoms with Crippen molar-refractivity contribution in [2.75, 3.05) is 37.7 Å². The van der Waals surface area contributed by atoms with Gasteiger partial charge in [0.1, 0.15) is 0 Å². The second-order valence-corrected chi connectivity index (χ2v) is 10.3. The number of nitrogens with one attached hydrogen (secondary N) is 1. The summed E-state index contributed by atoms with van der Waals surface area (Å²) in [5.74, 6) is -0.0164. The molecular weight excluding hydrogens is 428 g/mol. The second kappa shape index (κ2) is 7.99. The van der Waals surface area contributed by atoms with E-state index in [4.69, 9.17) is 0 Å². The fourth-order valence-electron chi connectivity index (χ4n) is 4.09. The molecule has 0 unspecified atom stereocenters. The van der Waals surface area contributed by atoms with Gasteiger partial charge in [-0.2, -0.15) is 0 Å². The molecule has 2 aromatic carbocycles. The zero-order valence-electron chi connectivity index (χ0n) is 17.3. The molecule has 3 heterocycles. The zero-order chi connectivity index (χ0) is 22.3. The van der Waals surface area contributed by atoms with Gasteiger partial charge in [0.25, 0.3) is 11.5 Å². The fourth-order valence-corrected chi connectivity index (χ4v) is 5.36. The molecule has 1 aliphatic heterocycles. The van der Waals surface area contributed by atoms with E-state index in [1.54, 1.807) is 18.3 Å². The lowest BCUT2D eigenvalue weighted by atomic mass is 10.1. The Labute approximate surface area is 184 Å². The summed E-state index contributed by atoms with van der Waals surface area (Å²) in [5, 5.41) is 5.30. The number of nitrogens with zero attached hydrogens (tertiary/aromatic N) is 3. The quantitative estimate of drug-likeness (QED) is 0.473. The first-order valence-corrected chi connectivity index (χ1v) is 12.3. The van der Waals surface area contributed by atoms with Crippen LogP contribution in [0.25, 0.3) is 27.3 Å². The monoisotopic (exact) mass is 450 g/mol. The van der Waals surface area contributed by atoms with Crippen LogP contribution in [-0.4, -0.2) is 66.3 Å². The summed E-state index contributed by atoms with van der Waals surface area (Å²) in [4.78, 5) is 32.7. The molecule has 0 spiro atoms. The lowest BCUT2D eigenvalue weighted by Gasteiger charge is -2.26. The molecule has 2 aromatic heterocycles. The molecule has 0 atom stereocenters. The van der Waals surface area contributed by atoms with Gasteiger partial charge in [-0.15, -0.1) is 0 Å². The van der Waals surface area contributed by atoms with E-state index in [0.717, 1.165) is 10.8 Å². The zero-order valence-corrected chi connectivity index (χ0v) is 18.1. The van der Waals surface area contributed by atoms with E-state index in [-0.39, 0.29) is 23.0 Å². The van der Waals surface area contributed by atoms with Gasteiger partial charge >= 0.3 is 0 Å². The SMILES string of the molecule is O=C(NCCN1CCS(=O)(=O)CC1)c1cccn2c(=O)c3cc4ccccc4cc3nc12. The van der Waals surface area contributed by atoms with E-state index >= 15 is 0 Å². The summed E-state index contributed by atoms with van der Waals surface area (Å²) >= 11 is 0. The van der Waals surface area contributed by atoms with Crippen LogP contribution in [0.5, 0.6) is 0 Å². The molecule has 9 heteroatoms. The molecule has 1 N–H and O–H groups in total. The number of hydrogen-bond donors (Lipinski definition) is 1. The molecule has 32 heavy (non-hydrogen) atoms. The Hall–Kier alpha value is -3.30. The number of pyridine rings is 1. The van der Waals surface area contributed by atoms with Crippen molar-refractivity contribution in [3.8, 4) is 0 Å². The number of benzene rings is 2. The van der Waals surface area contributed by atoms with Crippen molar-refractivity contribution in [1.82, 2.24) is 19.6 Å². The number of sulfone groups is 1. The van der Waals surface area contributed by atoms with Crippen molar-refractivity contribution in [3.63, 3.8) is 0 Å². The van der Waals surface area contributed by atoms with E-state index in [0.29, 0.717) is 48.3 Å². The van der Waals surface area contributed by atoms with Gasteiger partial charge in [0.15, 0.2) is 15.5 Å². The number of rotatable bonds is 4. The fraction of sp³-hybridized carbons (Fsp3) is 0.261. The average molecular weight is 451 g/mol. The molecular formula is C23H22N4O4S. The predicted molar refractivity (Wildman–Crippen MR) is 124 cm³/mol. The molecule has 0 radical (unpaired) electrons. The summed E-state index contributed by atoms with van der Waals surface area (Å²) < 4.78 is 24.5. The number of carbonyl (C=O) groups excluding carboxylic acids is 1. The van der Waals surface area contributed by atoms with Crippen LogP contribution in [0.4, 0.5) is 0 Å². The Bertz CT molecular complexity index is 1510. The van der Waals surface area contributed by atoms with Gasteiger partial charge in [-0.1, -0.05) is 24.3 Å². The summed E-state index contributed by atoms with van der Waals surface area (Å²) in [5.41, 5.74) is 0.950. The third-order valence-electron chi connectivity index (χ3n) is 5.90. The van der Waals surface area contributed by atoms with Crippen LogP contribution in [0.3, 0.4) is 0 Å². The normalized spacial score (nSPS) is 16.5. The molecule has 5 rings (SSSR count). The van der Waals surface area contributed by atoms with Crippen molar-refractivity contribution in [3.05, 3.63) is 70.6 Å². The largest absolute Gasteiger partial charge is 0.351 e. The van der Waals surface area contributed by atoms with E-state index in [9.17, 15) is 18.0 Å². The molecule has 8 nitrogen and oxygen atoms in total. The van der Waals surface area contributed by atoms with Gasteiger partial charge in [0, 0.05) is 32.4 Å². The Morgan fingerprint density at radius 1 is 1.03 bits per heavy atom. The lowest BCUT2D eigenvalue weighted by molar-refractivity contribution is 0.0949. The molecule has 1 aliphatic rings. The van der Waals surface area contributed by atoms with Crippen molar-refractivity contribution < 1.29 is 13.2 Å². The van der Waals surface area contributed by atoms with Crippen LogP contribution in [0.2, 0.25) is 0 Å². The predicted octanol–water partition coefficient (Wildman–Crippen LogP) is 1.46. The summed E-state index contributed by atoms with van der Waals surface area (Å²) in [6, 6.07) is 14.8. The minimum atomic E-state index is -2.93. The van der Waals surface area contributed by atoms with Crippen molar-refractivity contribution in [2.24, 2.45) is 0 Å². The average Bonchev–Trinajstić information content (AvgIpc) is 2.79. The number of carbonyl (C=O) groups is 1. The molecule has 4 aromatic rings. The number of hydrogen-bond acceptors (Lipinski definition) is 6. The molecule has 0 aliphatic carbocycles. The highest BCUT2D eigenvalue weighted by atomic mass is 32.2. The van der Waals surface area contributed by atoms with Crippen LogP contribution in [-0.2, 0) is 9.84 Å². The highest BCUT2D eigenvalue weighted by molar-refractivity contribution is 7.91. The topological polar surface area (TPSA) is 101 Å². The van der Waals surface area contributed by atoms with Crippen LogP contribution < -0.4 is 10.9 Å². The van der Waals surface area contributed by atoms with Crippen LogP contribution >= 0.6 is 0 Å². The maximum absolute atomic E-state index is 13.1. The van der Waals surface area contributed by atoms with Crippen molar-refractivity contribution in [1.29, 1.82) is 0 Å². The Kier molecular flexibility index (Phi) is 5.15. The van der Waals surface area contributed by atoms with Gasteiger partial charge in [0.2, 0.25) is 0 Å². The van der Waals surface area contributed by atoms with Gasteiger partial charge in [-0.3, -0.25) is 18.9 Å². The highest BCUT2D eigenvalue weighted by Gasteiger charge is 2.21. The number of amides is 1. The first kappa shape index (κ1) is 20.6. The Morgan fingerprint density at radius 2 is 1.75 bits per heavy atom. The van der Waals surface area contributed by atoms with Gasteiger partial charge < -0.3 is 5.32 Å². The maximum Gasteiger partial charge on any atom is 0.265 e. The van der Waals surface area contributed by atoms with Crippen molar-refractivity contribution >= 4 is 43.1 Å². The van der Waals surface area contributed by atoms with Crippen LogP contribution in [0.1, 0.15) is 10.4 Å². The number of fused-ring (bicyclic) bond motifs is 3. The van der Waals surface area contributed by atoms with E-state index in [1.165, 1.54) is 4.40 Å². The summed E-state index contributed by atoms with van der Waals surface area (Å²) in [6.07, 6.45) is 1.62. The third kappa shape index (κ3) is 3.85. The molecule has 1 fully saturated rings. The number of aromatic nitrogens is 2. The Morgan fingerprint density at radius 3 is 2.50 bits per heavy atom. The first-order valence-electron chi connectivity index (χ1n) is 10.5. The summed E-state index contributed by atoms with van der Waals surface area (Å²) in [6.45, 7) is 1.89. The molecule has 1 saturated heterocycles. The van der Waals surface area contributed by atoms with Gasteiger partial charge in [-0.05, 0) is 35.0 Å². The molecule has 0 saturated carbocycles. The first-order chi connectivity index (χ1) is 15.4. The maximum atomic E-state index is 13.1. The van der Waals surface area contributed by atoms with Crippen LogP contribution in [0.15, 0.2) is 59.5 Å². The van der Waals surface area contributed by atoms with Crippen LogP contribution in [0, 0.1) is 0 Å². The molecule has 1 amide bonds. The molecule has 0 bridgehead atoms. The lowest BCUT2D eigenvalue weighted by Crippen LogP contribution is -2.43. The molecule has 164 valence electrons. The van der Waals surface area contributed by atoms with E-state index in [2.05, 4.69) is 10.3 Å². The van der Waals surface area contributed by atoms with E-state index < -0.39 is 9.84 Å². The van der Waals surface area contributed by atoms with Gasteiger partial charge in [-0.25, -0.2) is 13.4 Å². The highest BCUT2D eigenvalue weighted by Crippen LogP contribution is 2.20. The smallest absolute Gasteiger partial charge is 0.265 e. The standard InChI is InChI=1S/C23H22N4O4S/c28-22(24-7-9-26-10-12-32(30,31)13-11-26)18-6-3-8-27-21(18)25-20-15-17-5-2-1-4-16(17)14-19(20)23(27)29/h1-6,8,14-15H,7,9-13H2,(H,24,28). The second-order valence-electron chi connectivity index (χ2n) is 8.00. The summed E-state index contributed by atoms with van der Waals surface area (Å²) in [7, 11) is -2.93.